The lowest BCUT2D eigenvalue weighted by molar-refractivity contribution is -0.137. The van der Waals surface area contributed by atoms with E-state index in [1.54, 1.807) is 6.20 Å². The van der Waals surface area contributed by atoms with E-state index in [1.807, 2.05) is 12.1 Å². The van der Waals surface area contributed by atoms with E-state index in [4.69, 9.17) is 5.11 Å². The topological polar surface area (TPSA) is 78.9 Å². The number of H-pyrrole nitrogens is 1. The highest BCUT2D eigenvalue weighted by molar-refractivity contribution is 5.70. The minimum absolute atomic E-state index is 0.0832. The minimum Gasteiger partial charge on any atom is -0.481 e. The van der Waals surface area contributed by atoms with E-state index in [0.717, 1.165) is 5.52 Å². The number of nitrogens with zero attached hydrogens (tertiary/aromatic N) is 2. The van der Waals surface area contributed by atoms with Crippen LogP contribution in [0.2, 0.25) is 0 Å². The van der Waals surface area contributed by atoms with Crippen molar-refractivity contribution in [1.29, 1.82) is 0 Å². The lowest BCUT2D eigenvalue weighted by Gasteiger charge is -1.89. The summed E-state index contributed by atoms with van der Waals surface area (Å²) in [6.07, 6.45) is 2.15. The van der Waals surface area contributed by atoms with E-state index in [2.05, 4.69) is 15.0 Å². The second-order valence-corrected chi connectivity index (χ2v) is 2.95. The van der Waals surface area contributed by atoms with E-state index in [1.165, 1.54) is 0 Å². The second kappa shape index (κ2) is 3.45. The predicted octanol–water partition coefficient (Wildman–Crippen LogP) is 0.975. The van der Waals surface area contributed by atoms with Gasteiger partial charge in [0, 0.05) is 12.6 Å². The molecule has 5 nitrogen and oxygen atoms in total. The number of carboxylic acids is 1. The number of aromatic amines is 1. The van der Waals surface area contributed by atoms with Crippen LogP contribution < -0.4 is 0 Å². The summed E-state index contributed by atoms with van der Waals surface area (Å²) in [6, 6.07) is 3.67. The number of nitrogens with one attached hydrogen (secondary N) is 1. The van der Waals surface area contributed by atoms with Gasteiger partial charge in [-0.2, -0.15) is 0 Å². The van der Waals surface area contributed by atoms with Crippen LogP contribution in [-0.4, -0.2) is 26.0 Å². The van der Waals surface area contributed by atoms with Crippen LogP contribution in [0.4, 0.5) is 0 Å². The molecule has 2 aromatic heterocycles. The molecule has 0 unspecified atom stereocenters. The molecule has 5 heteroatoms. The zero-order valence-electron chi connectivity index (χ0n) is 7.40. The van der Waals surface area contributed by atoms with Crippen LogP contribution in [0.1, 0.15) is 12.2 Å². The Hall–Kier alpha value is -1.91. The predicted molar refractivity (Wildman–Crippen MR) is 49.8 cm³/mol. The van der Waals surface area contributed by atoms with Crippen molar-refractivity contribution in [3.05, 3.63) is 24.2 Å². The van der Waals surface area contributed by atoms with E-state index in [-0.39, 0.29) is 6.42 Å². The molecule has 2 aromatic rings. The summed E-state index contributed by atoms with van der Waals surface area (Å²) in [5.74, 6) is -0.153. The molecule has 0 aliphatic heterocycles. The summed E-state index contributed by atoms with van der Waals surface area (Å²) in [5, 5.41) is 8.49. The summed E-state index contributed by atoms with van der Waals surface area (Å²) in [4.78, 5) is 21.5. The molecule has 2 N–H and O–H groups in total. The largest absolute Gasteiger partial charge is 0.481 e. The monoisotopic (exact) mass is 191 g/mol. The Morgan fingerprint density at radius 2 is 2.43 bits per heavy atom. The summed E-state index contributed by atoms with van der Waals surface area (Å²) >= 11 is 0. The van der Waals surface area contributed by atoms with Crippen molar-refractivity contribution in [3.63, 3.8) is 0 Å². The highest BCUT2D eigenvalue weighted by Gasteiger charge is 2.04. The van der Waals surface area contributed by atoms with Crippen LogP contribution in [0, 0.1) is 0 Å². The van der Waals surface area contributed by atoms with Crippen LogP contribution in [-0.2, 0) is 11.2 Å². The molecule has 0 spiro atoms. The smallest absolute Gasteiger partial charge is 0.303 e. The molecule has 0 radical (unpaired) electrons. The Bertz CT molecular complexity index is 431. The van der Waals surface area contributed by atoms with E-state index in [9.17, 15) is 4.79 Å². The van der Waals surface area contributed by atoms with Gasteiger partial charge in [-0.3, -0.25) is 4.79 Å². The van der Waals surface area contributed by atoms with Gasteiger partial charge >= 0.3 is 5.97 Å². The number of imidazole rings is 1. The van der Waals surface area contributed by atoms with E-state index in [0.29, 0.717) is 17.9 Å². The van der Waals surface area contributed by atoms with Gasteiger partial charge in [0.2, 0.25) is 0 Å². The van der Waals surface area contributed by atoms with Gasteiger partial charge < -0.3 is 10.1 Å². The Balaban J connectivity index is 2.22. The molecule has 0 saturated heterocycles. The maximum atomic E-state index is 10.3. The number of rotatable bonds is 3. The first-order valence-electron chi connectivity index (χ1n) is 4.27. The minimum atomic E-state index is -0.821. The van der Waals surface area contributed by atoms with Gasteiger partial charge in [-0.25, -0.2) is 9.97 Å². The molecule has 2 rings (SSSR count). The number of aromatic nitrogens is 3. The molecule has 0 aliphatic rings. The van der Waals surface area contributed by atoms with Crippen LogP contribution in [0.25, 0.3) is 11.2 Å². The summed E-state index contributed by atoms with van der Waals surface area (Å²) in [5.41, 5.74) is 1.47. The number of pyridine rings is 1. The molecule has 14 heavy (non-hydrogen) atoms. The van der Waals surface area contributed by atoms with Gasteiger partial charge in [-0.15, -0.1) is 0 Å². The Morgan fingerprint density at radius 1 is 1.57 bits per heavy atom. The van der Waals surface area contributed by atoms with Gasteiger partial charge in [0.15, 0.2) is 5.65 Å². The molecule has 0 aromatic carbocycles. The molecular weight excluding hydrogens is 182 g/mol. The summed E-state index contributed by atoms with van der Waals surface area (Å²) in [7, 11) is 0. The molecule has 0 fully saturated rings. The van der Waals surface area contributed by atoms with Gasteiger partial charge in [0.1, 0.15) is 5.82 Å². The van der Waals surface area contributed by atoms with Crippen LogP contribution in [0.3, 0.4) is 0 Å². The standard InChI is InChI=1S/C9H9N3O2/c13-8(14)4-3-7-11-6-2-1-5-10-9(6)12-7/h1-2,5H,3-4H2,(H,13,14)(H,10,11,12). The molecule has 2 heterocycles. The molecule has 72 valence electrons. The van der Waals surface area contributed by atoms with Crippen molar-refractivity contribution in [2.45, 2.75) is 12.8 Å². The lowest BCUT2D eigenvalue weighted by atomic mass is 10.3. The fraction of sp³-hybridized carbons (Fsp3) is 0.222. The quantitative estimate of drug-likeness (QED) is 0.757. The fourth-order valence-electron chi connectivity index (χ4n) is 1.24. The van der Waals surface area contributed by atoms with Crippen LogP contribution >= 0.6 is 0 Å². The third-order valence-corrected chi connectivity index (χ3v) is 1.88. The van der Waals surface area contributed by atoms with Crippen molar-refractivity contribution in [3.8, 4) is 0 Å². The van der Waals surface area contributed by atoms with Crippen molar-refractivity contribution in [2.75, 3.05) is 0 Å². The van der Waals surface area contributed by atoms with E-state index >= 15 is 0 Å². The molecule has 0 amide bonds. The van der Waals surface area contributed by atoms with Gasteiger partial charge in [0.25, 0.3) is 0 Å². The Kier molecular flexibility index (Phi) is 2.14. The molecule has 0 aliphatic carbocycles. The van der Waals surface area contributed by atoms with Gasteiger partial charge in [0.05, 0.1) is 11.9 Å². The number of aliphatic carboxylic acids is 1. The first kappa shape index (κ1) is 8.68. The molecule has 0 bridgehead atoms. The second-order valence-electron chi connectivity index (χ2n) is 2.95. The fourth-order valence-corrected chi connectivity index (χ4v) is 1.24. The van der Waals surface area contributed by atoms with Crippen molar-refractivity contribution < 1.29 is 9.90 Å². The third-order valence-electron chi connectivity index (χ3n) is 1.88. The molecule has 0 atom stereocenters. The highest BCUT2D eigenvalue weighted by Crippen LogP contribution is 2.08. The molecular formula is C9H9N3O2. The summed E-state index contributed by atoms with van der Waals surface area (Å²) in [6.45, 7) is 0. The van der Waals surface area contributed by atoms with Crippen LogP contribution in [0.15, 0.2) is 18.3 Å². The Morgan fingerprint density at radius 3 is 3.14 bits per heavy atom. The number of carboxylic acid groups (broad SMARTS) is 1. The normalized spacial score (nSPS) is 10.6. The first-order chi connectivity index (χ1) is 6.75. The lowest BCUT2D eigenvalue weighted by Crippen LogP contribution is -1.98. The van der Waals surface area contributed by atoms with Crippen molar-refractivity contribution in [1.82, 2.24) is 15.0 Å². The zero-order chi connectivity index (χ0) is 9.97. The number of carbonyl (C=O) groups is 1. The summed E-state index contributed by atoms with van der Waals surface area (Å²) < 4.78 is 0. The number of hydrogen-bond donors (Lipinski definition) is 2. The number of fused-ring (bicyclic) bond motifs is 1. The van der Waals surface area contributed by atoms with Gasteiger partial charge in [-0.1, -0.05) is 0 Å². The van der Waals surface area contributed by atoms with E-state index < -0.39 is 5.97 Å². The SMILES string of the molecule is O=C(O)CCc1nc2ncccc2[nH]1. The van der Waals surface area contributed by atoms with Gasteiger partial charge in [-0.05, 0) is 12.1 Å². The zero-order valence-corrected chi connectivity index (χ0v) is 7.40. The number of hydrogen-bond acceptors (Lipinski definition) is 3. The average molecular weight is 191 g/mol. The average Bonchev–Trinajstić information content (AvgIpc) is 2.57. The van der Waals surface area contributed by atoms with Crippen molar-refractivity contribution >= 4 is 17.1 Å². The maximum Gasteiger partial charge on any atom is 0.303 e. The maximum absolute atomic E-state index is 10.3. The van der Waals surface area contributed by atoms with Crippen molar-refractivity contribution in [2.24, 2.45) is 0 Å². The third kappa shape index (κ3) is 1.71. The molecule has 0 saturated carbocycles. The highest BCUT2D eigenvalue weighted by atomic mass is 16.4. The first-order valence-corrected chi connectivity index (χ1v) is 4.27. The number of aryl methyl sites for hydroxylation is 1. The van der Waals surface area contributed by atoms with Crippen LogP contribution in [0.5, 0.6) is 0 Å². The Labute approximate surface area is 79.8 Å².